The number of hydrogen-bond donors (Lipinski definition) is 1. The first-order chi connectivity index (χ1) is 9.56. The van der Waals surface area contributed by atoms with Gasteiger partial charge in [-0.3, -0.25) is 14.5 Å². The highest BCUT2D eigenvalue weighted by molar-refractivity contribution is 5.75. The fourth-order valence-corrected chi connectivity index (χ4v) is 1.99. The minimum Gasteiger partial charge on any atom is -0.383 e. The molecule has 0 aliphatic heterocycles. The number of nitrogen functional groups attached to an aromatic ring is 1. The SMILES string of the molecule is Nc1c(-c2ccc([N+](=O)[O-])cc2)nc2ccc(F)cn12. The lowest BCUT2D eigenvalue weighted by atomic mass is 10.1. The van der Waals surface area contributed by atoms with E-state index in [0.29, 0.717) is 16.9 Å². The number of nitro groups is 1. The highest BCUT2D eigenvalue weighted by Crippen LogP contribution is 2.27. The quantitative estimate of drug-likeness (QED) is 0.574. The van der Waals surface area contributed by atoms with E-state index in [1.807, 2.05) is 0 Å². The Balaban J connectivity index is 2.14. The van der Waals surface area contributed by atoms with Crippen molar-refractivity contribution in [2.45, 2.75) is 0 Å². The summed E-state index contributed by atoms with van der Waals surface area (Å²) in [5.41, 5.74) is 7.54. The van der Waals surface area contributed by atoms with Crippen molar-refractivity contribution in [2.24, 2.45) is 0 Å². The Bertz CT molecular complexity index is 811. The minimum atomic E-state index is -0.480. The zero-order chi connectivity index (χ0) is 14.3. The maximum Gasteiger partial charge on any atom is 0.269 e. The van der Waals surface area contributed by atoms with Crippen LogP contribution < -0.4 is 5.73 Å². The predicted octanol–water partition coefficient (Wildman–Crippen LogP) is 2.63. The number of non-ortho nitro benzene ring substituents is 1. The van der Waals surface area contributed by atoms with Crippen LogP contribution in [-0.2, 0) is 0 Å². The van der Waals surface area contributed by atoms with Crippen molar-refractivity contribution in [3.63, 3.8) is 0 Å². The molecule has 0 bridgehead atoms. The van der Waals surface area contributed by atoms with Crippen molar-refractivity contribution in [3.05, 3.63) is 58.5 Å². The Hall–Kier alpha value is -2.96. The highest BCUT2D eigenvalue weighted by Gasteiger charge is 2.13. The molecule has 7 heteroatoms. The number of halogens is 1. The first-order valence-electron chi connectivity index (χ1n) is 5.74. The second-order valence-corrected chi connectivity index (χ2v) is 4.23. The van der Waals surface area contributed by atoms with Crippen LogP contribution in [0.15, 0.2) is 42.6 Å². The third-order valence-electron chi connectivity index (χ3n) is 2.97. The van der Waals surface area contributed by atoms with E-state index in [-0.39, 0.29) is 11.5 Å². The number of pyridine rings is 1. The Morgan fingerprint density at radius 3 is 2.55 bits per heavy atom. The fraction of sp³-hybridized carbons (Fsp3) is 0. The molecule has 1 aromatic carbocycles. The molecule has 0 saturated carbocycles. The number of benzene rings is 1. The largest absolute Gasteiger partial charge is 0.383 e. The van der Waals surface area contributed by atoms with E-state index in [4.69, 9.17) is 5.73 Å². The van der Waals surface area contributed by atoms with Gasteiger partial charge in [0.1, 0.15) is 23.0 Å². The van der Waals surface area contributed by atoms with Gasteiger partial charge in [-0.15, -0.1) is 0 Å². The molecule has 100 valence electrons. The summed E-state index contributed by atoms with van der Waals surface area (Å²) in [6, 6.07) is 8.68. The van der Waals surface area contributed by atoms with Crippen molar-refractivity contribution >= 4 is 17.2 Å². The van der Waals surface area contributed by atoms with Crippen LogP contribution in [0.1, 0.15) is 0 Å². The van der Waals surface area contributed by atoms with Crippen LogP contribution >= 0.6 is 0 Å². The molecule has 0 aliphatic rings. The number of aromatic nitrogens is 2. The summed E-state index contributed by atoms with van der Waals surface area (Å²) in [6.07, 6.45) is 1.24. The number of rotatable bonds is 2. The second-order valence-electron chi connectivity index (χ2n) is 4.23. The van der Waals surface area contributed by atoms with Gasteiger partial charge in [0.15, 0.2) is 0 Å². The molecule has 0 fully saturated rings. The summed E-state index contributed by atoms with van der Waals surface area (Å²) >= 11 is 0. The van der Waals surface area contributed by atoms with E-state index in [0.717, 1.165) is 0 Å². The molecule has 20 heavy (non-hydrogen) atoms. The summed E-state index contributed by atoms with van der Waals surface area (Å²) < 4.78 is 14.6. The smallest absolute Gasteiger partial charge is 0.269 e. The summed E-state index contributed by atoms with van der Waals surface area (Å²) in [6.45, 7) is 0. The van der Waals surface area contributed by atoms with E-state index < -0.39 is 10.7 Å². The Morgan fingerprint density at radius 1 is 1.20 bits per heavy atom. The van der Waals surface area contributed by atoms with E-state index in [1.165, 1.54) is 34.9 Å². The van der Waals surface area contributed by atoms with Gasteiger partial charge in [0.25, 0.3) is 5.69 Å². The van der Waals surface area contributed by atoms with Gasteiger partial charge in [-0.2, -0.15) is 0 Å². The van der Waals surface area contributed by atoms with Crippen molar-refractivity contribution in [1.82, 2.24) is 9.38 Å². The Morgan fingerprint density at radius 2 is 1.90 bits per heavy atom. The number of anilines is 1. The summed E-state index contributed by atoms with van der Waals surface area (Å²) in [5, 5.41) is 10.6. The average molecular weight is 272 g/mol. The molecule has 3 rings (SSSR count). The van der Waals surface area contributed by atoms with E-state index in [2.05, 4.69) is 4.98 Å². The van der Waals surface area contributed by atoms with E-state index in [1.54, 1.807) is 12.1 Å². The molecule has 2 heterocycles. The molecular weight excluding hydrogens is 263 g/mol. The van der Waals surface area contributed by atoms with Crippen LogP contribution in [0, 0.1) is 15.9 Å². The molecule has 0 unspecified atom stereocenters. The number of hydrogen-bond acceptors (Lipinski definition) is 4. The molecule has 2 N–H and O–H groups in total. The van der Waals surface area contributed by atoms with Crippen molar-refractivity contribution < 1.29 is 9.31 Å². The first-order valence-corrected chi connectivity index (χ1v) is 5.74. The van der Waals surface area contributed by atoms with Gasteiger partial charge in [0, 0.05) is 23.9 Å². The lowest BCUT2D eigenvalue weighted by molar-refractivity contribution is -0.384. The standard InChI is InChI=1S/C13H9FN4O2/c14-9-3-6-11-16-12(13(15)17(11)7-9)8-1-4-10(5-2-8)18(19)20/h1-7H,15H2. The van der Waals surface area contributed by atoms with E-state index >= 15 is 0 Å². The lowest BCUT2D eigenvalue weighted by Crippen LogP contribution is -1.95. The second kappa shape index (κ2) is 4.30. The molecular formula is C13H9FN4O2. The molecule has 0 aliphatic carbocycles. The van der Waals surface area contributed by atoms with Gasteiger partial charge >= 0.3 is 0 Å². The van der Waals surface area contributed by atoms with Gasteiger partial charge in [-0.05, 0) is 24.3 Å². The molecule has 0 radical (unpaired) electrons. The number of imidazole rings is 1. The number of fused-ring (bicyclic) bond motifs is 1. The normalized spacial score (nSPS) is 10.8. The maximum atomic E-state index is 13.2. The summed E-state index contributed by atoms with van der Waals surface area (Å²) in [5.74, 6) is -0.134. The van der Waals surface area contributed by atoms with Gasteiger partial charge in [0.05, 0.1) is 4.92 Å². The lowest BCUT2D eigenvalue weighted by Gasteiger charge is -1.99. The summed E-state index contributed by atoms with van der Waals surface area (Å²) in [7, 11) is 0. The zero-order valence-corrected chi connectivity index (χ0v) is 10.2. The number of nitrogens with two attached hydrogens (primary N) is 1. The van der Waals surface area contributed by atoms with Crippen molar-refractivity contribution in [2.75, 3.05) is 5.73 Å². The van der Waals surface area contributed by atoms with Crippen LogP contribution in [0.2, 0.25) is 0 Å². The van der Waals surface area contributed by atoms with Gasteiger partial charge in [0.2, 0.25) is 0 Å². The monoisotopic (exact) mass is 272 g/mol. The molecule has 0 atom stereocenters. The highest BCUT2D eigenvalue weighted by atomic mass is 19.1. The first kappa shape index (κ1) is 12.1. The Labute approximate surface area is 112 Å². The van der Waals surface area contributed by atoms with Crippen LogP contribution in [0.3, 0.4) is 0 Å². The molecule has 3 aromatic rings. The third kappa shape index (κ3) is 1.85. The average Bonchev–Trinajstić information content (AvgIpc) is 2.76. The van der Waals surface area contributed by atoms with Crippen LogP contribution in [-0.4, -0.2) is 14.3 Å². The zero-order valence-electron chi connectivity index (χ0n) is 10.2. The van der Waals surface area contributed by atoms with Crippen LogP contribution in [0.5, 0.6) is 0 Å². The van der Waals surface area contributed by atoms with Crippen LogP contribution in [0.4, 0.5) is 15.9 Å². The maximum absolute atomic E-state index is 13.2. The fourth-order valence-electron chi connectivity index (χ4n) is 1.99. The topological polar surface area (TPSA) is 86.5 Å². The Kier molecular flexibility index (Phi) is 2.60. The van der Waals surface area contributed by atoms with Gasteiger partial charge < -0.3 is 5.73 Å². The van der Waals surface area contributed by atoms with Gasteiger partial charge in [-0.25, -0.2) is 9.37 Å². The molecule has 0 spiro atoms. The molecule has 0 saturated heterocycles. The van der Waals surface area contributed by atoms with Crippen LogP contribution in [0.25, 0.3) is 16.9 Å². The van der Waals surface area contributed by atoms with Crippen molar-refractivity contribution in [3.8, 4) is 11.3 Å². The minimum absolute atomic E-state index is 0.0119. The van der Waals surface area contributed by atoms with Gasteiger partial charge in [-0.1, -0.05) is 0 Å². The number of nitrogens with zero attached hydrogens (tertiary/aromatic N) is 3. The van der Waals surface area contributed by atoms with Crippen molar-refractivity contribution in [1.29, 1.82) is 0 Å². The molecule has 6 nitrogen and oxygen atoms in total. The number of nitro benzene ring substituents is 1. The molecule has 0 amide bonds. The predicted molar refractivity (Wildman–Crippen MR) is 71.7 cm³/mol. The summed E-state index contributed by atoms with van der Waals surface area (Å²) in [4.78, 5) is 14.4. The van der Waals surface area contributed by atoms with E-state index in [9.17, 15) is 14.5 Å². The third-order valence-corrected chi connectivity index (χ3v) is 2.97. The molecule has 2 aromatic heterocycles.